The summed E-state index contributed by atoms with van der Waals surface area (Å²) in [5.41, 5.74) is 2.83. The SMILES string of the molecule is O=C(c1ccc2nsnc2c1)N1CC(c2nc(-c3ccccn3)no2)C1. The van der Waals surface area contributed by atoms with E-state index in [0.717, 1.165) is 22.8 Å². The average molecular weight is 364 g/mol. The fourth-order valence-corrected chi connectivity index (χ4v) is 3.42. The standard InChI is InChI=1S/C17H12N6O2S/c24-17(10-4-5-12-14(7-10)22-26-21-12)23-8-11(9-23)16-19-15(20-25-16)13-3-1-2-6-18-13/h1-7,11H,8-9H2. The number of nitrogens with zero attached hydrogens (tertiary/aromatic N) is 6. The Morgan fingerprint density at radius 2 is 2.04 bits per heavy atom. The van der Waals surface area contributed by atoms with E-state index in [2.05, 4.69) is 23.9 Å². The van der Waals surface area contributed by atoms with Crippen molar-refractivity contribution in [2.75, 3.05) is 13.1 Å². The van der Waals surface area contributed by atoms with E-state index in [1.165, 1.54) is 0 Å². The Morgan fingerprint density at radius 1 is 1.15 bits per heavy atom. The molecule has 3 aromatic heterocycles. The van der Waals surface area contributed by atoms with Crippen molar-refractivity contribution in [3.63, 3.8) is 0 Å². The van der Waals surface area contributed by atoms with Crippen molar-refractivity contribution >= 4 is 28.7 Å². The Kier molecular flexibility index (Phi) is 3.45. The second-order valence-electron chi connectivity index (χ2n) is 6.05. The largest absolute Gasteiger partial charge is 0.338 e. The Labute approximate surface area is 151 Å². The third-order valence-electron chi connectivity index (χ3n) is 4.35. The minimum Gasteiger partial charge on any atom is -0.338 e. The number of hydrogen-bond donors (Lipinski definition) is 0. The summed E-state index contributed by atoms with van der Waals surface area (Å²) < 4.78 is 13.7. The zero-order valence-electron chi connectivity index (χ0n) is 13.4. The third-order valence-corrected chi connectivity index (χ3v) is 4.91. The molecule has 8 nitrogen and oxygen atoms in total. The van der Waals surface area contributed by atoms with Crippen LogP contribution in [0.4, 0.5) is 0 Å². The predicted octanol–water partition coefficient (Wildman–Crippen LogP) is 2.38. The molecule has 0 saturated carbocycles. The molecule has 1 amide bonds. The molecular formula is C17H12N6O2S. The van der Waals surface area contributed by atoms with Gasteiger partial charge in [0, 0.05) is 24.8 Å². The summed E-state index contributed by atoms with van der Waals surface area (Å²) in [5, 5.41) is 3.98. The molecule has 0 N–H and O–H groups in total. The van der Waals surface area contributed by atoms with E-state index < -0.39 is 0 Å². The Bertz CT molecular complexity index is 1090. The van der Waals surface area contributed by atoms with E-state index in [1.807, 2.05) is 24.3 Å². The summed E-state index contributed by atoms with van der Waals surface area (Å²) in [7, 11) is 0. The van der Waals surface area contributed by atoms with Gasteiger partial charge < -0.3 is 9.42 Å². The maximum absolute atomic E-state index is 12.6. The molecule has 9 heteroatoms. The van der Waals surface area contributed by atoms with Gasteiger partial charge in [-0.2, -0.15) is 13.7 Å². The van der Waals surface area contributed by atoms with Crippen molar-refractivity contribution in [3.05, 3.63) is 54.0 Å². The van der Waals surface area contributed by atoms with Gasteiger partial charge in [-0.3, -0.25) is 9.78 Å². The summed E-state index contributed by atoms with van der Waals surface area (Å²) in [6.45, 7) is 1.10. The van der Waals surface area contributed by atoms with E-state index in [1.54, 1.807) is 23.2 Å². The fourth-order valence-electron chi connectivity index (χ4n) is 2.90. The molecule has 1 fully saturated rings. The number of aromatic nitrogens is 5. The molecule has 1 aliphatic heterocycles. The van der Waals surface area contributed by atoms with Gasteiger partial charge in [-0.05, 0) is 30.3 Å². The second-order valence-corrected chi connectivity index (χ2v) is 6.57. The topological polar surface area (TPSA) is 97.9 Å². The quantitative estimate of drug-likeness (QED) is 0.550. The number of carbonyl (C=O) groups is 1. The normalized spacial score (nSPS) is 14.5. The van der Waals surface area contributed by atoms with Gasteiger partial charge >= 0.3 is 0 Å². The lowest BCUT2D eigenvalue weighted by molar-refractivity contribution is 0.0569. The lowest BCUT2D eigenvalue weighted by Crippen LogP contribution is -2.48. The molecule has 0 unspecified atom stereocenters. The minimum absolute atomic E-state index is 0.0272. The molecular weight excluding hydrogens is 352 g/mol. The molecule has 0 radical (unpaired) electrons. The van der Waals surface area contributed by atoms with Crippen LogP contribution < -0.4 is 0 Å². The molecule has 5 rings (SSSR count). The Morgan fingerprint density at radius 3 is 2.88 bits per heavy atom. The first-order chi connectivity index (χ1) is 12.8. The number of hydrogen-bond acceptors (Lipinski definition) is 8. The van der Waals surface area contributed by atoms with Gasteiger partial charge in [0.1, 0.15) is 16.7 Å². The van der Waals surface area contributed by atoms with Gasteiger partial charge in [-0.25, -0.2) is 0 Å². The lowest BCUT2D eigenvalue weighted by Gasteiger charge is -2.37. The molecule has 0 bridgehead atoms. The van der Waals surface area contributed by atoms with E-state index in [9.17, 15) is 4.79 Å². The highest BCUT2D eigenvalue weighted by atomic mass is 32.1. The van der Waals surface area contributed by atoms with Gasteiger partial charge in [-0.1, -0.05) is 11.2 Å². The molecule has 0 atom stereocenters. The second kappa shape index (κ2) is 5.95. The molecule has 128 valence electrons. The van der Waals surface area contributed by atoms with Gasteiger partial charge in [-0.15, -0.1) is 0 Å². The zero-order chi connectivity index (χ0) is 17.5. The van der Waals surface area contributed by atoms with Crippen LogP contribution in [-0.2, 0) is 0 Å². The number of rotatable bonds is 3. The monoisotopic (exact) mass is 364 g/mol. The molecule has 26 heavy (non-hydrogen) atoms. The van der Waals surface area contributed by atoms with Gasteiger partial charge in [0.05, 0.1) is 17.6 Å². The minimum atomic E-state index is -0.0272. The van der Waals surface area contributed by atoms with Crippen LogP contribution in [0, 0.1) is 0 Å². The highest BCUT2D eigenvalue weighted by Gasteiger charge is 2.36. The first-order valence-corrected chi connectivity index (χ1v) is 8.77. The molecule has 1 saturated heterocycles. The van der Waals surface area contributed by atoms with Crippen LogP contribution in [0.2, 0.25) is 0 Å². The Hall–Kier alpha value is -3.20. The van der Waals surface area contributed by atoms with E-state index >= 15 is 0 Å². The summed E-state index contributed by atoms with van der Waals surface area (Å²) >= 11 is 1.14. The van der Waals surface area contributed by atoms with Crippen LogP contribution in [-0.4, -0.2) is 47.8 Å². The number of pyridine rings is 1. The van der Waals surface area contributed by atoms with Gasteiger partial charge in [0.2, 0.25) is 11.7 Å². The molecule has 0 spiro atoms. The van der Waals surface area contributed by atoms with Crippen molar-refractivity contribution in [1.82, 2.24) is 28.8 Å². The molecule has 4 aromatic rings. The number of fused-ring (bicyclic) bond motifs is 1. The highest BCUT2D eigenvalue weighted by molar-refractivity contribution is 7.00. The molecule has 4 heterocycles. The van der Waals surface area contributed by atoms with Crippen LogP contribution in [0.15, 0.2) is 47.1 Å². The van der Waals surface area contributed by atoms with Gasteiger partial charge in [0.15, 0.2) is 0 Å². The van der Waals surface area contributed by atoms with Crippen LogP contribution in [0.1, 0.15) is 22.2 Å². The first kappa shape index (κ1) is 15.1. The number of benzene rings is 1. The van der Waals surface area contributed by atoms with E-state index in [-0.39, 0.29) is 11.8 Å². The first-order valence-electron chi connectivity index (χ1n) is 8.04. The van der Waals surface area contributed by atoms with Crippen LogP contribution >= 0.6 is 11.7 Å². The summed E-state index contributed by atoms with van der Waals surface area (Å²) in [6, 6.07) is 10.9. The Balaban J connectivity index is 1.28. The fraction of sp³-hybridized carbons (Fsp3) is 0.176. The predicted molar refractivity (Wildman–Crippen MR) is 93.6 cm³/mol. The molecule has 1 aliphatic rings. The van der Waals surface area contributed by atoms with Crippen LogP contribution in [0.5, 0.6) is 0 Å². The maximum atomic E-state index is 12.6. The van der Waals surface area contributed by atoms with E-state index in [4.69, 9.17) is 4.52 Å². The van der Waals surface area contributed by atoms with Crippen molar-refractivity contribution in [2.24, 2.45) is 0 Å². The zero-order valence-corrected chi connectivity index (χ0v) is 14.3. The van der Waals surface area contributed by atoms with Gasteiger partial charge in [0.25, 0.3) is 5.91 Å². The van der Waals surface area contributed by atoms with Crippen molar-refractivity contribution < 1.29 is 9.32 Å². The average Bonchev–Trinajstić information content (AvgIpc) is 3.30. The smallest absolute Gasteiger partial charge is 0.253 e. The van der Waals surface area contributed by atoms with Crippen molar-refractivity contribution in [2.45, 2.75) is 5.92 Å². The molecule has 0 aliphatic carbocycles. The number of likely N-dealkylation sites (tertiary alicyclic amines) is 1. The maximum Gasteiger partial charge on any atom is 0.253 e. The number of carbonyl (C=O) groups excluding carboxylic acids is 1. The van der Waals surface area contributed by atoms with Crippen molar-refractivity contribution in [3.8, 4) is 11.5 Å². The van der Waals surface area contributed by atoms with E-state index in [0.29, 0.717) is 36.1 Å². The molecule has 1 aromatic carbocycles. The van der Waals surface area contributed by atoms with Crippen molar-refractivity contribution in [1.29, 1.82) is 0 Å². The summed E-state index contributed by atoms with van der Waals surface area (Å²) in [4.78, 5) is 23.0. The summed E-state index contributed by atoms with van der Waals surface area (Å²) in [6.07, 6.45) is 1.68. The van der Waals surface area contributed by atoms with Crippen LogP contribution in [0.3, 0.4) is 0 Å². The summed E-state index contributed by atoms with van der Waals surface area (Å²) in [5.74, 6) is 1.02. The van der Waals surface area contributed by atoms with Crippen LogP contribution in [0.25, 0.3) is 22.6 Å². The lowest BCUT2D eigenvalue weighted by atomic mass is 9.98. The highest BCUT2D eigenvalue weighted by Crippen LogP contribution is 2.29. The number of amides is 1. The third kappa shape index (κ3) is 2.53.